The maximum Gasteiger partial charge on any atom is 0.255 e. The lowest BCUT2D eigenvalue weighted by Crippen LogP contribution is -2.19. The lowest BCUT2D eigenvalue weighted by Gasteiger charge is -2.12. The molecular formula is C27H15F6N3O3. The summed E-state index contributed by atoms with van der Waals surface area (Å²) in [6.45, 7) is 0. The highest BCUT2D eigenvalue weighted by molar-refractivity contribution is 6.12. The molecule has 12 heteroatoms. The molecule has 4 aromatic rings. The van der Waals surface area contributed by atoms with Crippen LogP contribution in [0.3, 0.4) is 0 Å². The largest absolute Gasteiger partial charge is 0.322 e. The van der Waals surface area contributed by atoms with Gasteiger partial charge in [0.15, 0.2) is 0 Å². The Hall–Kier alpha value is -5.13. The van der Waals surface area contributed by atoms with Gasteiger partial charge >= 0.3 is 0 Å². The molecule has 0 bridgehead atoms. The molecule has 0 fully saturated rings. The standard InChI is InChI=1S/C27H15F6N3O3/c28-16-4-17(29)8-22(7-16)34-25(37)13-1-14(26(38)35-23-9-18(30)5-19(31)10-23)3-15(2-13)27(39)36-24-11-20(32)6-21(33)12-24/h1-12H,(H,34,37)(H,35,38)(H,36,39). The number of rotatable bonds is 6. The first kappa shape index (κ1) is 26.9. The zero-order valence-corrected chi connectivity index (χ0v) is 19.4. The number of nitrogens with one attached hydrogen (secondary N) is 3. The minimum absolute atomic E-state index is 0.274. The van der Waals surface area contributed by atoms with Gasteiger partial charge in [-0.05, 0) is 54.6 Å². The van der Waals surface area contributed by atoms with Crippen molar-refractivity contribution in [3.05, 3.63) is 124 Å². The van der Waals surface area contributed by atoms with Gasteiger partial charge in [0.1, 0.15) is 34.9 Å². The van der Waals surface area contributed by atoms with Crippen molar-refractivity contribution in [2.45, 2.75) is 0 Å². The van der Waals surface area contributed by atoms with Crippen molar-refractivity contribution in [3.63, 3.8) is 0 Å². The second-order valence-electron chi connectivity index (χ2n) is 8.14. The van der Waals surface area contributed by atoms with E-state index in [1.54, 1.807) is 0 Å². The molecule has 6 nitrogen and oxygen atoms in total. The van der Waals surface area contributed by atoms with Gasteiger partial charge in [-0.2, -0.15) is 0 Å². The van der Waals surface area contributed by atoms with Crippen LogP contribution in [0.4, 0.5) is 43.4 Å². The fraction of sp³-hybridized carbons (Fsp3) is 0. The van der Waals surface area contributed by atoms with Crippen LogP contribution in [0.25, 0.3) is 0 Å². The van der Waals surface area contributed by atoms with E-state index in [4.69, 9.17) is 0 Å². The van der Waals surface area contributed by atoms with Gasteiger partial charge in [0.25, 0.3) is 17.7 Å². The first-order chi connectivity index (χ1) is 18.4. The Kier molecular flexibility index (Phi) is 7.65. The highest BCUT2D eigenvalue weighted by Crippen LogP contribution is 2.20. The summed E-state index contributed by atoms with van der Waals surface area (Å²) in [5, 5.41) is 6.66. The summed E-state index contributed by atoms with van der Waals surface area (Å²) >= 11 is 0. The highest BCUT2D eigenvalue weighted by Gasteiger charge is 2.18. The molecule has 0 heterocycles. The average Bonchev–Trinajstić information content (AvgIpc) is 2.81. The third kappa shape index (κ3) is 7.01. The van der Waals surface area contributed by atoms with Gasteiger partial charge in [-0.15, -0.1) is 0 Å². The minimum atomic E-state index is -0.989. The van der Waals surface area contributed by atoms with Crippen molar-refractivity contribution in [2.24, 2.45) is 0 Å². The number of hydrogen-bond acceptors (Lipinski definition) is 3. The van der Waals surface area contributed by atoms with Gasteiger partial charge in [0, 0.05) is 52.0 Å². The minimum Gasteiger partial charge on any atom is -0.322 e. The molecule has 0 aliphatic rings. The molecule has 0 atom stereocenters. The SMILES string of the molecule is O=C(Nc1cc(F)cc(F)c1)c1cc(C(=O)Nc2cc(F)cc(F)c2)cc(C(=O)Nc2cc(F)cc(F)c2)c1. The van der Waals surface area contributed by atoms with Gasteiger partial charge in [-0.1, -0.05) is 0 Å². The summed E-state index contributed by atoms with van der Waals surface area (Å²) in [5.41, 5.74) is -1.84. The zero-order valence-electron chi connectivity index (χ0n) is 19.4. The maximum atomic E-state index is 13.5. The van der Waals surface area contributed by atoms with Gasteiger partial charge in [0.05, 0.1) is 0 Å². The summed E-state index contributed by atoms with van der Waals surface area (Å²) < 4.78 is 81.3. The molecule has 0 aliphatic carbocycles. The first-order valence-electron chi connectivity index (χ1n) is 10.9. The third-order valence-corrected chi connectivity index (χ3v) is 5.08. The molecule has 4 aromatic carbocycles. The number of amides is 3. The fourth-order valence-corrected chi connectivity index (χ4v) is 3.51. The van der Waals surface area contributed by atoms with Crippen LogP contribution in [0, 0.1) is 34.9 Å². The molecule has 0 aromatic heterocycles. The van der Waals surface area contributed by atoms with Crippen molar-refractivity contribution in [2.75, 3.05) is 16.0 Å². The molecule has 39 heavy (non-hydrogen) atoms. The molecule has 0 saturated carbocycles. The molecule has 0 saturated heterocycles. The molecule has 3 amide bonds. The molecule has 0 aliphatic heterocycles. The van der Waals surface area contributed by atoms with E-state index in [1.165, 1.54) is 0 Å². The summed E-state index contributed by atoms with van der Waals surface area (Å²) in [4.78, 5) is 38.6. The number of anilines is 3. The van der Waals surface area contributed by atoms with E-state index in [-0.39, 0.29) is 33.8 Å². The Morgan fingerprint density at radius 2 is 0.564 bits per heavy atom. The number of carbonyl (C=O) groups excluding carboxylic acids is 3. The molecule has 0 radical (unpaired) electrons. The normalized spacial score (nSPS) is 10.6. The Balaban J connectivity index is 1.69. The summed E-state index contributed by atoms with van der Waals surface area (Å²) in [5.74, 6) is -8.87. The van der Waals surface area contributed by atoms with E-state index in [0.29, 0.717) is 18.2 Å². The van der Waals surface area contributed by atoms with Gasteiger partial charge in [-0.25, -0.2) is 26.3 Å². The van der Waals surface area contributed by atoms with Crippen molar-refractivity contribution in [3.8, 4) is 0 Å². The van der Waals surface area contributed by atoms with Gasteiger partial charge in [-0.3, -0.25) is 14.4 Å². The molecular weight excluding hydrogens is 528 g/mol. The van der Waals surface area contributed by atoms with E-state index in [1.807, 2.05) is 0 Å². The Labute approximate surface area is 216 Å². The van der Waals surface area contributed by atoms with E-state index in [9.17, 15) is 40.7 Å². The predicted octanol–water partition coefficient (Wildman–Crippen LogP) is 6.28. The second kappa shape index (κ2) is 11.1. The second-order valence-corrected chi connectivity index (χ2v) is 8.14. The predicted molar refractivity (Wildman–Crippen MR) is 129 cm³/mol. The van der Waals surface area contributed by atoms with E-state index in [2.05, 4.69) is 16.0 Å². The topological polar surface area (TPSA) is 87.3 Å². The molecule has 3 N–H and O–H groups in total. The lowest BCUT2D eigenvalue weighted by molar-refractivity contribution is 0.102. The number of carbonyl (C=O) groups is 3. The summed E-state index contributed by atoms with van der Waals surface area (Å²) in [7, 11) is 0. The van der Waals surface area contributed by atoms with Crippen LogP contribution in [0.15, 0.2) is 72.8 Å². The third-order valence-electron chi connectivity index (χ3n) is 5.08. The maximum absolute atomic E-state index is 13.5. The van der Waals surface area contributed by atoms with Crippen LogP contribution in [-0.4, -0.2) is 17.7 Å². The van der Waals surface area contributed by atoms with E-state index >= 15 is 0 Å². The molecule has 4 rings (SSSR count). The quantitative estimate of drug-likeness (QED) is 0.250. The van der Waals surface area contributed by atoms with Crippen molar-refractivity contribution in [1.29, 1.82) is 0 Å². The van der Waals surface area contributed by atoms with E-state index in [0.717, 1.165) is 54.6 Å². The van der Waals surface area contributed by atoms with Gasteiger partial charge < -0.3 is 16.0 Å². The summed E-state index contributed by atoms with van der Waals surface area (Å²) in [6, 6.07) is 9.69. The van der Waals surface area contributed by atoms with Crippen LogP contribution in [0.2, 0.25) is 0 Å². The lowest BCUT2D eigenvalue weighted by atomic mass is 10.0. The molecule has 0 spiro atoms. The number of benzene rings is 4. The Morgan fingerprint density at radius 1 is 0.359 bits per heavy atom. The first-order valence-corrected chi connectivity index (χ1v) is 10.9. The Morgan fingerprint density at radius 3 is 0.769 bits per heavy atom. The zero-order chi connectivity index (χ0) is 28.3. The van der Waals surface area contributed by atoms with E-state index < -0.39 is 52.6 Å². The Bertz CT molecular complexity index is 1360. The van der Waals surface area contributed by atoms with Gasteiger partial charge in [0.2, 0.25) is 0 Å². The van der Waals surface area contributed by atoms with Crippen LogP contribution in [0.5, 0.6) is 0 Å². The summed E-state index contributed by atoms with van der Waals surface area (Å²) in [6.07, 6.45) is 0. The van der Waals surface area contributed by atoms with Crippen LogP contribution in [-0.2, 0) is 0 Å². The average molecular weight is 543 g/mol. The van der Waals surface area contributed by atoms with Crippen LogP contribution < -0.4 is 16.0 Å². The van der Waals surface area contributed by atoms with Crippen LogP contribution >= 0.6 is 0 Å². The smallest absolute Gasteiger partial charge is 0.255 e. The molecule has 0 unspecified atom stereocenters. The number of halogens is 6. The van der Waals surface area contributed by atoms with Crippen molar-refractivity contribution < 1.29 is 40.7 Å². The number of hydrogen-bond donors (Lipinski definition) is 3. The monoisotopic (exact) mass is 543 g/mol. The fourth-order valence-electron chi connectivity index (χ4n) is 3.51. The molecule has 198 valence electrons. The van der Waals surface area contributed by atoms with Crippen molar-refractivity contribution in [1.82, 2.24) is 0 Å². The highest BCUT2D eigenvalue weighted by atomic mass is 19.2. The van der Waals surface area contributed by atoms with Crippen LogP contribution in [0.1, 0.15) is 31.1 Å². The van der Waals surface area contributed by atoms with Crippen molar-refractivity contribution >= 4 is 34.8 Å².